The first-order valence-electron chi connectivity index (χ1n) is 11.9. The topological polar surface area (TPSA) is 95.0 Å². The number of carbonyl (C=O) groups is 2. The molecule has 2 N–H and O–H groups in total. The van der Waals surface area contributed by atoms with E-state index in [1.54, 1.807) is 24.3 Å². The van der Waals surface area contributed by atoms with E-state index in [0.717, 1.165) is 37.1 Å². The van der Waals surface area contributed by atoms with Gasteiger partial charge in [0.05, 0.1) is 30.8 Å². The summed E-state index contributed by atoms with van der Waals surface area (Å²) in [6, 6.07) is 8.70. The van der Waals surface area contributed by atoms with Crippen LogP contribution in [0.25, 0.3) is 6.08 Å². The molecular weight excluding hydrogens is 521 g/mol. The molecule has 2 aromatic rings. The lowest BCUT2D eigenvalue weighted by Gasteiger charge is -2.27. The van der Waals surface area contributed by atoms with Gasteiger partial charge in [-0.25, -0.2) is 0 Å². The fourth-order valence-electron chi connectivity index (χ4n) is 4.15. The van der Waals surface area contributed by atoms with Crippen molar-refractivity contribution >= 4 is 40.9 Å². The third-order valence-electron chi connectivity index (χ3n) is 6.24. The zero-order valence-electron chi connectivity index (χ0n) is 20.6. The zero-order chi connectivity index (χ0) is 27.3. The Morgan fingerprint density at radius 1 is 1.13 bits per heavy atom. The summed E-state index contributed by atoms with van der Waals surface area (Å²) in [4.78, 5) is 28.9. The van der Waals surface area contributed by atoms with E-state index in [0.29, 0.717) is 43.1 Å². The largest absolute Gasteiger partial charge is 0.497 e. The molecular formula is C26H27F3N4O4S. The Kier molecular flexibility index (Phi) is 8.75. The Bertz CT molecular complexity index is 1250. The minimum atomic E-state index is -4.55. The molecule has 2 aliphatic rings. The third-order valence-corrected chi connectivity index (χ3v) is 7.15. The van der Waals surface area contributed by atoms with Crippen LogP contribution in [0.15, 0.2) is 41.3 Å². The SMILES string of the molecule is COc1ccc(CNc2ccc(C=C3SC(=O)N(CCN4CCOCC4)C3=O)cc2C=N)c(C(F)(F)F)c1. The predicted molar refractivity (Wildman–Crippen MR) is 140 cm³/mol. The van der Waals surface area contributed by atoms with Crippen LogP contribution in [-0.4, -0.2) is 73.7 Å². The molecule has 0 saturated carbocycles. The van der Waals surface area contributed by atoms with Gasteiger partial charge in [0, 0.05) is 50.2 Å². The summed E-state index contributed by atoms with van der Waals surface area (Å²) in [6.45, 7) is 3.53. The van der Waals surface area contributed by atoms with Crippen LogP contribution < -0.4 is 10.1 Å². The highest BCUT2D eigenvalue weighted by molar-refractivity contribution is 8.18. The average molecular weight is 549 g/mol. The van der Waals surface area contributed by atoms with E-state index in [9.17, 15) is 22.8 Å². The summed E-state index contributed by atoms with van der Waals surface area (Å²) in [6.07, 6.45) is -1.89. The highest BCUT2D eigenvalue weighted by atomic mass is 32.2. The van der Waals surface area contributed by atoms with Gasteiger partial charge in [-0.2, -0.15) is 13.2 Å². The standard InChI is InChI=1S/C26H27F3N4O4S/c1-36-20-4-3-18(21(14-20)26(27,28)29)16-31-22-5-2-17(12-19(22)15-30)13-23-24(34)33(25(35)38-23)7-6-32-8-10-37-11-9-32/h2-5,12-15,30-31H,6-11,16H2,1H3. The molecule has 2 amide bonds. The summed E-state index contributed by atoms with van der Waals surface area (Å²) in [7, 11) is 1.30. The summed E-state index contributed by atoms with van der Waals surface area (Å²) < 4.78 is 50.8. The number of nitrogens with zero attached hydrogens (tertiary/aromatic N) is 2. The van der Waals surface area contributed by atoms with Crippen LogP contribution in [0.3, 0.4) is 0 Å². The molecule has 0 bridgehead atoms. The number of halogens is 3. The maximum absolute atomic E-state index is 13.5. The Labute approximate surface area is 222 Å². The van der Waals surface area contributed by atoms with E-state index < -0.39 is 11.7 Å². The maximum atomic E-state index is 13.5. The van der Waals surface area contributed by atoms with Crippen molar-refractivity contribution in [2.45, 2.75) is 12.7 Å². The van der Waals surface area contributed by atoms with Crippen molar-refractivity contribution in [1.82, 2.24) is 9.80 Å². The molecule has 2 aromatic carbocycles. The van der Waals surface area contributed by atoms with Gasteiger partial charge < -0.3 is 20.2 Å². The molecule has 0 unspecified atom stereocenters. The van der Waals surface area contributed by atoms with E-state index in [1.165, 1.54) is 24.1 Å². The molecule has 38 heavy (non-hydrogen) atoms. The fourth-order valence-corrected chi connectivity index (χ4v) is 5.02. The molecule has 2 aliphatic heterocycles. The van der Waals surface area contributed by atoms with Crippen LogP contribution >= 0.6 is 11.8 Å². The molecule has 2 fully saturated rings. The highest BCUT2D eigenvalue weighted by Gasteiger charge is 2.35. The molecule has 8 nitrogen and oxygen atoms in total. The monoisotopic (exact) mass is 548 g/mol. The number of rotatable bonds is 9. The molecule has 4 rings (SSSR count). The van der Waals surface area contributed by atoms with Gasteiger partial charge >= 0.3 is 6.18 Å². The number of benzene rings is 2. The van der Waals surface area contributed by atoms with Gasteiger partial charge in [-0.05, 0) is 53.2 Å². The smallest absolute Gasteiger partial charge is 0.416 e. The second kappa shape index (κ2) is 12.0. The Balaban J connectivity index is 1.45. The van der Waals surface area contributed by atoms with E-state index in [-0.39, 0.29) is 33.9 Å². The maximum Gasteiger partial charge on any atom is 0.416 e. The van der Waals surface area contributed by atoms with E-state index >= 15 is 0 Å². The van der Waals surface area contributed by atoms with Crippen LogP contribution in [0, 0.1) is 5.41 Å². The first-order valence-corrected chi connectivity index (χ1v) is 12.7. The van der Waals surface area contributed by atoms with Gasteiger partial charge in [0.2, 0.25) is 0 Å². The molecule has 0 radical (unpaired) electrons. The number of hydrogen-bond acceptors (Lipinski definition) is 8. The van der Waals surface area contributed by atoms with Crippen molar-refractivity contribution < 1.29 is 32.2 Å². The van der Waals surface area contributed by atoms with E-state index in [1.807, 2.05) is 0 Å². The first kappa shape index (κ1) is 27.7. The number of alkyl halides is 3. The average Bonchev–Trinajstić information content (AvgIpc) is 3.18. The second-order valence-corrected chi connectivity index (χ2v) is 9.65. The minimum Gasteiger partial charge on any atom is -0.497 e. The van der Waals surface area contributed by atoms with Gasteiger partial charge in [-0.15, -0.1) is 0 Å². The molecule has 12 heteroatoms. The highest BCUT2D eigenvalue weighted by Crippen LogP contribution is 2.35. The van der Waals surface area contributed by atoms with Gasteiger partial charge in [0.15, 0.2) is 0 Å². The minimum absolute atomic E-state index is 0.0315. The van der Waals surface area contributed by atoms with Gasteiger partial charge in [0.25, 0.3) is 11.1 Å². The molecule has 2 heterocycles. The van der Waals surface area contributed by atoms with Crippen LogP contribution in [0.1, 0.15) is 22.3 Å². The van der Waals surface area contributed by atoms with Crippen molar-refractivity contribution in [1.29, 1.82) is 5.41 Å². The molecule has 0 aromatic heterocycles. The predicted octanol–water partition coefficient (Wildman–Crippen LogP) is 4.69. The van der Waals surface area contributed by atoms with E-state index in [4.69, 9.17) is 14.9 Å². The van der Waals surface area contributed by atoms with E-state index in [2.05, 4.69) is 10.2 Å². The van der Waals surface area contributed by atoms with Gasteiger partial charge in [-0.3, -0.25) is 19.4 Å². The first-order chi connectivity index (χ1) is 18.2. The molecule has 0 aliphatic carbocycles. The number of anilines is 1. The quantitative estimate of drug-likeness (QED) is 0.347. The number of methoxy groups -OCH3 is 1. The van der Waals surface area contributed by atoms with Crippen LogP contribution in [0.2, 0.25) is 0 Å². The number of hydrogen-bond donors (Lipinski definition) is 2. The van der Waals surface area contributed by atoms with Gasteiger partial charge in [-0.1, -0.05) is 12.1 Å². The Hall–Kier alpha value is -3.35. The number of imide groups is 1. The number of ether oxygens (including phenoxy) is 2. The molecule has 202 valence electrons. The summed E-state index contributed by atoms with van der Waals surface area (Å²) in [5.74, 6) is -0.262. The second-order valence-electron chi connectivity index (χ2n) is 8.65. The van der Waals surface area contributed by atoms with Crippen molar-refractivity contribution in [2.24, 2.45) is 0 Å². The summed E-state index contributed by atoms with van der Waals surface area (Å²) in [5, 5.41) is 10.4. The number of morpholine rings is 1. The lowest BCUT2D eigenvalue weighted by Crippen LogP contribution is -2.42. The summed E-state index contributed by atoms with van der Waals surface area (Å²) in [5.41, 5.74) is 0.700. The Morgan fingerprint density at radius 2 is 1.89 bits per heavy atom. The third kappa shape index (κ3) is 6.55. The number of carbonyl (C=O) groups excluding carboxylic acids is 2. The normalized spacial score (nSPS) is 17.8. The number of thioether (sulfide) groups is 1. The number of amides is 2. The number of nitrogens with one attached hydrogen (secondary N) is 2. The van der Waals surface area contributed by atoms with Crippen LogP contribution in [-0.2, 0) is 22.3 Å². The van der Waals surface area contributed by atoms with Crippen LogP contribution in [0.5, 0.6) is 5.75 Å². The molecule has 0 spiro atoms. The van der Waals surface area contributed by atoms with Crippen molar-refractivity contribution in [3.63, 3.8) is 0 Å². The van der Waals surface area contributed by atoms with Gasteiger partial charge in [0.1, 0.15) is 5.75 Å². The molecule has 2 saturated heterocycles. The van der Waals surface area contributed by atoms with Crippen molar-refractivity contribution in [3.05, 3.63) is 63.6 Å². The van der Waals surface area contributed by atoms with Crippen LogP contribution in [0.4, 0.5) is 23.7 Å². The lowest BCUT2D eigenvalue weighted by atomic mass is 10.0. The van der Waals surface area contributed by atoms with Crippen molar-refractivity contribution in [3.8, 4) is 5.75 Å². The Morgan fingerprint density at radius 3 is 2.58 bits per heavy atom. The zero-order valence-corrected chi connectivity index (χ0v) is 21.5. The van der Waals surface area contributed by atoms with Crippen molar-refractivity contribution in [2.75, 3.05) is 51.8 Å². The lowest BCUT2D eigenvalue weighted by molar-refractivity contribution is -0.138. The molecule has 0 atom stereocenters. The summed E-state index contributed by atoms with van der Waals surface area (Å²) >= 11 is 0.861. The fraction of sp³-hybridized carbons (Fsp3) is 0.346.